The SMILES string of the molecule is C[C@H](C(=O)NC(C)(C)C)N(Cc1ccc(Cl)cc1)C(=O)CN(c1cccc(C(F)(F)F)c1)S(=O)(=O)c1ccccc1. The lowest BCUT2D eigenvalue weighted by molar-refractivity contribution is -0.140. The molecule has 0 aliphatic rings. The Morgan fingerprint density at radius 2 is 1.54 bits per heavy atom. The minimum absolute atomic E-state index is 0.0868. The molecular weight excluding hydrogens is 579 g/mol. The monoisotopic (exact) mass is 609 g/mol. The number of carbonyl (C=O) groups is 2. The zero-order chi connectivity index (χ0) is 30.6. The summed E-state index contributed by atoms with van der Waals surface area (Å²) in [5, 5.41) is 3.26. The highest BCUT2D eigenvalue weighted by Gasteiger charge is 2.35. The van der Waals surface area contributed by atoms with E-state index in [1.165, 1.54) is 42.2 Å². The van der Waals surface area contributed by atoms with Gasteiger partial charge in [0.25, 0.3) is 10.0 Å². The van der Waals surface area contributed by atoms with Crippen molar-refractivity contribution in [3.8, 4) is 0 Å². The van der Waals surface area contributed by atoms with E-state index in [9.17, 15) is 31.2 Å². The number of anilines is 1. The number of rotatable bonds is 9. The van der Waals surface area contributed by atoms with Crippen LogP contribution in [0.25, 0.3) is 0 Å². The van der Waals surface area contributed by atoms with Crippen molar-refractivity contribution in [2.75, 3.05) is 10.8 Å². The van der Waals surface area contributed by atoms with Crippen LogP contribution in [0.5, 0.6) is 0 Å². The van der Waals surface area contributed by atoms with Crippen molar-refractivity contribution >= 4 is 39.1 Å². The number of sulfonamides is 1. The summed E-state index contributed by atoms with van der Waals surface area (Å²) in [6.45, 7) is 5.85. The molecule has 0 saturated carbocycles. The molecule has 0 fully saturated rings. The zero-order valence-electron chi connectivity index (χ0n) is 22.9. The molecule has 0 aromatic heterocycles. The molecule has 3 aromatic carbocycles. The van der Waals surface area contributed by atoms with Gasteiger partial charge in [-0.05, 0) is 75.7 Å². The smallest absolute Gasteiger partial charge is 0.350 e. The standard InChI is InChI=1S/C29H31ClF3N3O4S/c1-20(27(38)34-28(2,3)4)35(18-21-13-15-23(30)16-14-21)26(37)19-36(41(39,40)25-11-6-5-7-12-25)24-10-8-9-22(17-24)29(31,32)33/h5-17,20H,18-19H2,1-4H3,(H,34,38)/t20-/m1/s1. The summed E-state index contributed by atoms with van der Waals surface area (Å²) >= 11 is 5.99. The van der Waals surface area contributed by atoms with Crippen LogP contribution in [0, 0.1) is 0 Å². The van der Waals surface area contributed by atoms with Crippen molar-refractivity contribution in [2.24, 2.45) is 0 Å². The molecule has 0 heterocycles. The normalized spacial score (nSPS) is 12.9. The quantitative estimate of drug-likeness (QED) is 0.328. The summed E-state index contributed by atoms with van der Waals surface area (Å²) < 4.78 is 68.7. The first-order valence-corrected chi connectivity index (χ1v) is 14.4. The second-order valence-corrected chi connectivity index (χ2v) is 12.7. The van der Waals surface area contributed by atoms with Crippen LogP contribution < -0.4 is 9.62 Å². The predicted octanol–water partition coefficient (Wildman–Crippen LogP) is 5.89. The van der Waals surface area contributed by atoms with Crippen LogP contribution in [0.2, 0.25) is 5.02 Å². The lowest BCUT2D eigenvalue weighted by Crippen LogP contribution is -2.54. The van der Waals surface area contributed by atoms with Crippen LogP contribution >= 0.6 is 11.6 Å². The van der Waals surface area contributed by atoms with Gasteiger partial charge in [-0.3, -0.25) is 13.9 Å². The number of nitrogens with one attached hydrogen (secondary N) is 1. The van der Waals surface area contributed by atoms with Crippen LogP contribution in [0.15, 0.2) is 83.8 Å². The molecular formula is C29H31ClF3N3O4S. The lowest BCUT2D eigenvalue weighted by atomic mass is 10.1. The Kier molecular flexibility index (Phi) is 9.76. The predicted molar refractivity (Wildman–Crippen MR) is 152 cm³/mol. The third-order valence-corrected chi connectivity index (χ3v) is 8.04. The molecule has 0 spiro atoms. The summed E-state index contributed by atoms with van der Waals surface area (Å²) in [7, 11) is -4.50. The van der Waals surface area contributed by atoms with Crippen LogP contribution in [0.3, 0.4) is 0 Å². The summed E-state index contributed by atoms with van der Waals surface area (Å²) in [5.74, 6) is -1.29. The highest BCUT2D eigenvalue weighted by atomic mass is 35.5. The minimum Gasteiger partial charge on any atom is -0.350 e. The first kappa shape index (κ1) is 32.0. The first-order valence-electron chi connectivity index (χ1n) is 12.6. The number of benzene rings is 3. The topological polar surface area (TPSA) is 86.8 Å². The number of amides is 2. The summed E-state index contributed by atoms with van der Waals surface area (Å²) in [6, 6.07) is 16.3. The lowest BCUT2D eigenvalue weighted by Gasteiger charge is -2.33. The fourth-order valence-electron chi connectivity index (χ4n) is 3.93. The van der Waals surface area contributed by atoms with Crippen molar-refractivity contribution in [3.63, 3.8) is 0 Å². The van der Waals surface area contributed by atoms with Crippen LogP contribution in [-0.2, 0) is 32.3 Å². The molecule has 220 valence electrons. The van der Waals surface area contributed by atoms with E-state index >= 15 is 0 Å². The molecule has 3 aromatic rings. The van der Waals surface area contributed by atoms with Crippen molar-refractivity contribution in [2.45, 2.75) is 56.9 Å². The average Bonchev–Trinajstić information content (AvgIpc) is 2.90. The molecule has 3 rings (SSSR count). The van der Waals surface area contributed by atoms with Gasteiger partial charge in [-0.15, -0.1) is 0 Å². The Labute approximate surface area is 243 Å². The van der Waals surface area contributed by atoms with Crippen molar-refractivity contribution < 1.29 is 31.2 Å². The van der Waals surface area contributed by atoms with E-state index in [0.29, 0.717) is 21.0 Å². The van der Waals surface area contributed by atoms with E-state index in [1.807, 2.05) is 0 Å². The van der Waals surface area contributed by atoms with Crippen LogP contribution in [0.1, 0.15) is 38.8 Å². The van der Waals surface area contributed by atoms with Crippen molar-refractivity contribution in [1.29, 1.82) is 0 Å². The van der Waals surface area contributed by atoms with Crippen molar-refractivity contribution in [1.82, 2.24) is 10.2 Å². The van der Waals surface area contributed by atoms with Gasteiger partial charge in [0.15, 0.2) is 0 Å². The number of alkyl halides is 3. The Morgan fingerprint density at radius 3 is 2.10 bits per heavy atom. The molecule has 0 aliphatic carbocycles. The number of hydrogen-bond donors (Lipinski definition) is 1. The van der Waals surface area contributed by atoms with Gasteiger partial charge in [-0.25, -0.2) is 8.42 Å². The Morgan fingerprint density at radius 1 is 0.927 bits per heavy atom. The van der Waals surface area contributed by atoms with Gasteiger partial charge < -0.3 is 10.2 Å². The largest absolute Gasteiger partial charge is 0.416 e. The molecule has 0 aliphatic heterocycles. The summed E-state index contributed by atoms with van der Waals surface area (Å²) in [6.07, 6.45) is -4.75. The Bertz CT molecular complexity index is 1480. The fraction of sp³-hybridized carbons (Fsp3) is 0.310. The molecule has 0 radical (unpaired) electrons. The highest BCUT2D eigenvalue weighted by molar-refractivity contribution is 7.92. The van der Waals surface area contributed by atoms with Gasteiger partial charge in [0.2, 0.25) is 11.8 Å². The van der Waals surface area contributed by atoms with E-state index in [4.69, 9.17) is 11.6 Å². The molecule has 0 bridgehead atoms. The zero-order valence-corrected chi connectivity index (χ0v) is 24.5. The maximum atomic E-state index is 13.9. The van der Waals surface area contributed by atoms with Crippen LogP contribution in [-0.4, -0.2) is 43.3 Å². The second-order valence-electron chi connectivity index (χ2n) is 10.4. The molecule has 2 amide bonds. The molecule has 0 saturated heterocycles. The maximum absolute atomic E-state index is 13.9. The van der Waals surface area contributed by atoms with Gasteiger partial charge in [0.1, 0.15) is 12.6 Å². The van der Waals surface area contributed by atoms with E-state index in [-0.39, 0.29) is 17.1 Å². The molecule has 0 unspecified atom stereocenters. The Hall–Kier alpha value is -3.57. The fourth-order valence-corrected chi connectivity index (χ4v) is 5.48. The average molecular weight is 610 g/mol. The molecule has 12 heteroatoms. The van der Waals surface area contributed by atoms with E-state index in [2.05, 4.69) is 5.32 Å². The minimum atomic E-state index is -4.75. The molecule has 7 nitrogen and oxygen atoms in total. The van der Waals surface area contributed by atoms with Gasteiger partial charge in [0, 0.05) is 17.1 Å². The van der Waals surface area contributed by atoms with Gasteiger partial charge in [0.05, 0.1) is 16.1 Å². The third-order valence-electron chi connectivity index (χ3n) is 6.00. The van der Waals surface area contributed by atoms with Crippen LogP contribution in [0.4, 0.5) is 18.9 Å². The summed E-state index contributed by atoms with van der Waals surface area (Å²) in [5.41, 5.74) is -1.45. The van der Waals surface area contributed by atoms with Gasteiger partial charge in [-0.2, -0.15) is 13.2 Å². The second kappa shape index (κ2) is 12.5. The molecule has 41 heavy (non-hydrogen) atoms. The van der Waals surface area contributed by atoms with Gasteiger partial charge in [-0.1, -0.05) is 48.0 Å². The highest BCUT2D eigenvalue weighted by Crippen LogP contribution is 2.33. The first-order chi connectivity index (χ1) is 19.0. The number of hydrogen-bond acceptors (Lipinski definition) is 4. The molecule has 1 N–H and O–H groups in total. The van der Waals surface area contributed by atoms with E-state index in [0.717, 1.165) is 12.1 Å². The number of carbonyl (C=O) groups excluding carboxylic acids is 2. The van der Waals surface area contributed by atoms with Gasteiger partial charge >= 0.3 is 6.18 Å². The third kappa shape index (κ3) is 8.46. The summed E-state index contributed by atoms with van der Waals surface area (Å²) in [4.78, 5) is 27.9. The Balaban J connectivity index is 2.08. The van der Waals surface area contributed by atoms with Crippen molar-refractivity contribution in [3.05, 3.63) is 95.0 Å². The number of nitrogens with zero attached hydrogens (tertiary/aromatic N) is 2. The number of halogens is 4. The molecule has 1 atom stereocenters. The van der Waals surface area contributed by atoms with E-state index < -0.39 is 51.7 Å². The van der Waals surface area contributed by atoms with E-state index in [1.54, 1.807) is 51.1 Å². The maximum Gasteiger partial charge on any atom is 0.416 e.